The molecule has 1 fully saturated rings. The minimum atomic E-state index is -0.189. The van der Waals surface area contributed by atoms with Gasteiger partial charge in [0, 0.05) is 40.1 Å². The molecule has 0 N–H and O–H groups in total. The smallest absolute Gasteiger partial charge is 0.205 e. The first-order valence-electron chi connectivity index (χ1n) is 11.8. The highest BCUT2D eigenvalue weighted by atomic mass is 16.1. The summed E-state index contributed by atoms with van der Waals surface area (Å²) < 4.78 is 4.51. The lowest BCUT2D eigenvalue weighted by Crippen LogP contribution is -2.10. The number of aryl methyl sites for hydroxylation is 4. The molecule has 0 amide bonds. The maximum absolute atomic E-state index is 13.4. The maximum Gasteiger partial charge on any atom is 0.205 e. The second kappa shape index (κ2) is 8.90. The van der Waals surface area contributed by atoms with Crippen molar-refractivity contribution in [3.8, 4) is 11.8 Å². The molecule has 1 saturated carbocycles. The van der Waals surface area contributed by atoms with Gasteiger partial charge < -0.3 is 9.13 Å². The van der Waals surface area contributed by atoms with E-state index in [-0.39, 0.29) is 11.4 Å². The lowest BCUT2D eigenvalue weighted by atomic mass is 10.0. The number of carbonyl (C=O) groups is 1. The summed E-state index contributed by atoms with van der Waals surface area (Å²) in [6, 6.07) is 13.1. The standard InChI is InChI=1S/C29H33N3O/c1-18-11-12-28(19(2)13-18)32-20(3)14-24(22(32)5)16-25(17-30)29(33)27-15-21(4)31(23(27)6)26-9-7-8-10-26/h11-16,26H,7-10H2,1-6H3. The van der Waals surface area contributed by atoms with E-state index in [1.54, 1.807) is 6.08 Å². The summed E-state index contributed by atoms with van der Waals surface area (Å²) in [6.07, 6.45) is 6.56. The molecule has 4 nitrogen and oxygen atoms in total. The summed E-state index contributed by atoms with van der Waals surface area (Å²) in [4.78, 5) is 13.4. The second-order valence-electron chi connectivity index (χ2n) is 9.54. The van der Waals surface area contributed by atoms with E-state index in [1.807, 2.05) is 19.9 Å². The van der Waals surface area contributed by atoms with Crippen molar-refractivity contribution in [2.45, 2.75) is 73.3 Å². The Morgan fingerprint density at radius 2 is 1.67 bits per heavy atom. The van der Waals surface area contributed by atoms with Gasteiger partial charge in [-0.2, -0.15) is 5.26 Å². The number of Topliss-reactive ketones (excluding diaryl/α,β-unsaturated/α-hetero) is 1. The monoisotopic (exact) mass is 439 g/mol. The molecule has 0 spiro atoms. The van der Waals surface area contributed by atoms with Crippen LogP contribution in [0.4, 0.5) is 0 Å². The molecule has 170 valence electrons. The number of nitriles is 1. The van der Waals surface area contributed by atoms with Crippen molar-refractivity contribution >= 4 is 11.9 Å². The van der Waals surface area contributed by atoms with Crippen LogP contribution in [-0.4, -0.2) is 14.9 Å². The van der Waals surface area contributed by atoms with Crippen molar-refractivity contribution in [2.75, 3.05) is 0 Å². The van der Waals surface area contributed by atoms with Gasteiger partial charge >= 0.3 is 0 Å². The van der Waals surface area contributed by atoms with Crippen LogP contribution in [0.15, 0.2) is 35.9 Å². The Morgan fingerprint density at radius 1 is 0.970 bits per heavy atom. The number of hydrogen-bond donors (Lipinski definition) is 0. The molecule has 3 aromatic rings. The molecule has 0 atom stereocenters. The van der Waals surface area contributed by atoms with E-state index in [4.69, 9.17) is 0 Å². The van der Waals surface area contributed by atoms with E-state index < -0.39 is 0 Å². The third-order valence-corrected chi connectivity index (χ3v) is 7.15. The molecule has 0 bridgehead atoms. The molecular formula is C29H33N3O. The molecule has 2 heterocycles. The third kappa shape index (κ3) is 4.09. The summed E-state index contributed by atoms with van der Waals surface area (Å²) in [5, 5.41) is 9.90. The summed E-state index contributed by atoms with van der Waals surface area (Å²) in [7, 11) is 0. The van der Waals surface area contributed by atoms with E-state index in [9.17, 15) is 10.1 Å². The van der Waals surface area contributed by atoms with Gasteiger partial charge in [0.1, 0.15) is 11.6 Å². The Morgan fingerprint density at radius 3 is 2.30 bits per heavy atom. The summed E-state index contributed by atoms with van der Waals surface area (Å²) >= 11 is 0. The van der Waals surface area contributed by atoms with Gasteiger partial charge in [0.15, 0.2) is 0 Å². The largest absolute Gasteiger partial charge is 0.345 e. The molecule has 1 aliphatic rings. The quantitative estimate of drug-likeness (QED) is 0.243. The van der Waals surface area contributed by atoms with Crippen molar-refractivity contribution in [3.63, 3.8) is 0 Å². The number of ketones is 1. The average Bonchev–Trinajstić information content (AvgIpc) is 3.45. The van der Waals surface area contributed by atoms with Gasteiger partial charge in [-0.15, -0.1) is 0 Å². The molecule has 1 aromatic carbocycles. The first-order chi connectivity index (χ1) is 15.7. The van der Waals surface area contributed by atoms with Crippen LogP contribution >= 0.6 is 0 Å². The minimum Gasteiger partial charge on any atom is -0.345 e. The number of rotatable bonds is 5. The first-order valence-corrected chi connectivity index (χ1v) is 11.8. The van der Waals surface area contributed by atoms with Crippen LogP contribution in [0, 0.1) is 52.9 Å². The van der Waals surface area contributed by atoms with Crippen molar-refractivity contribution in [2.24, 2.45) is 0 Å². The van der Waals surface area contributed by atoms with Gasteiger partial charge in [0.2, 0.25) is 5.78 Å². The molecule has 0 saturated heterocycles. The van der Waals surface area contributed by atoms with E-state index in [0.717, 1.165) is 46.9 Å². The van der Waals surface area contributed by atoms with Crippen LogP contribution in [0.5, 0.6) is 0 Å². The second-order valence-corrected chi connectivity index (χ2v) is 9.54. The zero-order valence-electron chi connectivity index (χ0n) is 20.6. The maximum atomic E-state index is 13.4. The molecule has 0 aliphatic heterocycles. The predicted molar refractivity (Wildman–Crippen MR) is 134 cm³/mol. The fraction of sp³-hybridized carbons (Fsp3) is 0.379. The highest BCUT2D eigenvalue weighted by molar-refractivity contribution is 6.14. The van der Waals surface area contributed by atoms with Crippen molar-refractivity contribution < 1.29 is 4.79 Å². The Balaban J connectivity index is 1.73. The van der Waals surface area contributed by atoms with Crippen molar-refractivity contribution in [1.82, 2.24) is 9.13 Å². The molecule has 0 radical (unpaired) electrons. The van der Waals surface area contributed by atoms with Gasteiger partial charge in [0.05, 0.1) is 0 Å². The van der Waals surface area contributed by atoms with Crippen molar-refractivity contribution in [1.29, 1.82) is 5.26 Å². The molecule has 0 unspecified atom stereocenters. The van der Waals surface area contributed by atoms with Crippen LogP contribution in [0.1, 0.15) is 81.5 Å². The molecule has 4 rings (SSSR count). The Hall–Kier alpha value is -3.32. The van der Waals surface area contributed by atoms with Gasteiger partial charge in [-0.25, -0.2) is 0 Å². The van der Waals surface area contributed by atoms with E-state index in [1.165, 1.54) is 24.0 Å². The van der Waals surface area contributed by atoms with E-state index >= 15 is 0 Å². The Bertz CT molecular complexity index is 1300. The predicted octanol–water partition coefficient (Wildman–Crippen LogP) is 7.03. The summed E-state index contributed by atoms with van der Waals surface area (Å²) in [5.74, 6) is -0.189. The Kier molecular flexibility index (Phi) is 6.17. The molecule has 2 aromatic heterocycles. The van der Waals surface area contributed by atoms with Crippen LogP contribution < -0.4 is 0 Å². The minimum absolute atomic E-state index is 0.183. The average molecular weight is 440 g/mol. The summed E-state index contributed by atoms with van der Waals surface area (Å²) in [5.41, 5.74) is 9.47. The molecule has 4 heteroatoms. The first kappa shape index (κ1) is 22.9. The van der Waals surface area contributed by atoms with Gasteiger partial charge in [-0.05, 0) is 89.8 Å². The van der Waals surface area contributed by atoms with Gasteiger partial charge in [-0.3, -0.25) is 4.79 Å². The van der Waals surface area contributed by atoms with E-state index in [2.05, 4.69) is 67.2 Å². The summed E-state index contributed by atoms with van der Waals surface area (Å²) in [6.45, 7) is 12.4. The number of benzene rings is 1. The fourth-order valence-electron chi connectivity index (χ4n) is 5.54. The SMILES string of the molecule is Cc1ccc(-n2c(C)cc(C=C(C#N)C(=O)c3cc(C)n(C4CCCC4)c3C)c2C)c(C)c1. The number of hydrogen-bond acceptors (Lipinski definition) is 2. The van der Waals surface area contributed by atoms with Crippen LogP contribution in [0.3, 0.4) is 0 Å². The lowest BCUT2D eigenvalue weighted by Gasteiger charge is -2.17. The zero-order chi connectivity index (χ0) is 23.9. The molecule has 1 aliphatic carbocycles. The number of allylic oxidation sites excluding steroid dienone is 1. The van der Waals surface area contributed by atoms with E-state index in [0.29, 0.717) is 11.6 Å². The molecular weight excluding hydrogens is 406 g/mol. The number of carbonyl (C=O) groups excluding carboxylic acids is 1. The zero-order valence-corrected chi connectivity index (χ0v) is 20.6. The number of nitrogens with zero attached hydrogens (tertiary/aromatic N) is 3. The van der Waals surface area contributed by atoms with Gasteiger partial charge in [0.25, 0.3) is 0 Å². The lowest BCUT2D eigenvalue weighted by molar-refractivity contribution is 0.103. The normalized spacial score (nSPS) is 14.6. The fourth-order valence-corrected chi connectivity index (χ4v) is 5.54. The number of aromatic nitrogens is 2. The van der Waals surface area contributed by atoms with Gasteiger partial charge in [-0.1, -0.05) is 30.5 Å². The third-order valence-electron chi connectivity index (χ3n) is 7.15. The topological polar surface area (TPSA) is 50.7 Å². The van der Waals surface area contributed by atoms with Crippen molar-refractivity contribution in [3.05, 3.63) is 80.9 Å². The van der Waals surface area contributed by atoms with Crippen LogP contribution in [-0.2, 0) is 0 Å². The Labute approximate surface area is 197 Å². The molecule has 33 heavy (non-hydrogen) atoms. The highest BCUT2D eigenvalue weighted by Crippen LogP contribution is 2.34. The van der Waals surface area contributed by atoms with Crippen LogP contribution in [0.2, 0.25) is 0 Å². The van der Waals surface area contributed by atoms with Crippen LogP contribution in [0.25, 0.3) is 11.8 Å². The highest BCUT2D eigenvalue weighted by Gasteiger charge is 2.25.